The second-order valence-corrected chi connectivity index (χ2v) is 5.72. The first-order valence-electron chi connectivity index (χ1n) is 7.29. The first-order valence-corrected chi connectivity index (χ1v) is 7.29. The molecular weight excluding hydrogens is 269 g/mol. The Hall–Kier alpha value is -1.62. The van der Waals surface area contributed by atoms with Gasteiger partial charge in [-0.25, -0.2) is 4.39 Å². The van der Waals surface area contributed by atoms with Crippen molar-refractivity contribution in [1.82, 2.24) is 10.6 Å². The van der Waals surface area contributed by atoms with Crippen LogP contribution >= 0.6 is 0 Å². The maximum atomic E-state index is 14.2. The summed E-state index contributed by atoms with van der Waals surface area (Å²) in [5, 5.41) is 5.86. The van der Waals surface area contributed by atoms with Gasteiger partial charge in [0.15, 0.2) is 0 Å². The molecule has 2 N–H and O–H groups in total. The number of carbonyl (C=O) groups excluding carboxylic acids is 1. The molecule has 0 aromatic heterocycles. The van der Waals surface area contributed by atoms with Gasteiger partial charge in [0, 0.05) is 33.2 Å². The van der Waals surface area contributed by atoms with Gasteiger partial charge in [0.1, 0.15) is 5.82 Å². The Morgan fingerprint density at radius 2 is 2.00 bits per heavy atom. The molecule has 0 aliphatic carbocycles. The number of amides is 1. The van der Waals surface area contributed by atoms with E-state index in [0.717, 1.165) is 5.56 Å². The van der Waals surface area contributed by atoms with Gasteiger partial charge in [0.05, 0.1) is 11.6 Å². The first-order chi connectivity index (χ1) is 9.85. The van der Waals surface area contributed by atoms with Crippen molar-refractivity contribution < 1.29 is 9.18 Å². The summed E-state index contributed by atoms with van der Waals surface area (Å²) in [6.07, 6.45) is 0. The molecule has 1 atom stereocenters. The van der Waals surface area contributed by atoms with E-state index in [1.807, 2.05) is 13.0 Å². The smallest absolute Gasteiger partial charge is 0.224 e. The molecule has 1 rings (SSSR count). The highest BCUT2D eigenvalue weighted by atomic mass is 19.1. The van der Waals surface area contributed by atoms with Crippen LogP contribution in [0.5, 0.6) is 0 Å². The van der Waals surface area contributed by atoms with Crippen molar-refractivity contribution in [2.45, 2.75) is 33.4 Å². The predicted molar refractivity (Wildman–Crippen MR) is 84.9 cm³/mol. The van der Waals surface area contributed by atoms with Crippen molar-refractivity contribution in [3.8, 4) is 0 Å². The van der Waals surface area contributed by atoms with Crippen molar-refractivity contribution in [3.05, 3.63) is 29.6 Å². The number of carbonyl (C=O) groups is 1. The Balaban J connectivity index is 2.72. The van der Waals surface area contributed by atoms with E-state index in [0.29, 0.717) is 24.8 Å². The average molecular weight is 295 g/mol. The van der Waals surface area contributed by atoms with Crippen molar-refractivity contribution in [1.29, 1.82) is 0 Å². The molecule has 0 spiro atoms. The lowest BCUT2D eigenvalue weighted by Gasteiger charge is -2.23. The third kappa shape index (κ3) is 5.34. The molecule has 1 aromatic rings. The number of rotatable bonds is 7. The van der Waals surface area contributed by atoms with Crippen molar-refractivity contribution in [2.75, 3.05) is 25.5 Å². The average Bonchev–Trinajstić information content (AvgIpc) is 2.43. The molecule has 118 valence electrons. The van der Waals surface area contributed by atoms with Crippen LogP contribution in [0, 0.1) is 11.7 Å². The molecule has 0 heterocycles. The highest BCUT2D eigenvalue weighted by molar-refractivity contribution is 5.78. The van der Waals surface area contributed by atoms with E-state index in [1.165, 1.54) is 0 Å². The van der Waals surface area contributed by atoms with Gasteiger partial charge in [-0.15, -0.1) is 0 Å². The minimum Gasteiger partial charge on any atom is -0.371 e. The standard InChI is InChI=1S/C16H26FN3O/c1-11(2)19-9-13-6-7-15(14(17)8-13)20(5)10-12(3)16(21)18-4/h6-8,11-12,19H,9-10H2,1-5H3,(H,18,21). The summed E-state index contributed by atoms with van der Waals surface area (Å²) < 4.78 is 14.2. The molecule has 4 nitrogen and oxygen atoms in total. The van der Waals surface area contributed by atoms with Crippen LogP contribution in [0.1, 0.15) is 26.3 Å². The summed E-state index contributed by atoms with van der Waals surface area (Å²) in [6, 6.07) is 5.59. The fourth-order valence-electron chi connectivity index (χ4n) is 2.13. The summed E-state index contributed by atoms with van der Waals surface area (Å²) in [5.41, 5.74) is 1.43. The molecule has 0 fully saturated rings. The lowest BCUT2D eigenvalue weighted by atomic mass is 10.1. The Bertz CT molecular complexity index is 477. The molecule has 1 amide bonds. The number of halogens is 1. The number of nitrogens with one attached hydrogen (secondary N) is 2. The zero-order valence-electron chi connectivity index (χ0n) is 13.5. The highest BCUT2D eigenvalue weighted by Gasteiger charge is 2.16. The van der Waals surface area contributed by atoms with Gasteiger partial charge in [-0.2, -0.15) is 0 Å². The molecule has 1 unspecified atom stereocenters. The fraction of sp³-hybridized carbons (Fsp3) is 0.562. The molecule has 0 radical (unpaired) electrons. The summed E-state index contributed by atoms with van der Waals surface area (Å²) in [7, 11) is 3.40. The zero-order chi connectivity index (χ0) is 16.0. The summed E-state index contributed by atoms with van der Waals surface area (Å²) in [5.74, 6) is -0.494. The normalized spacial score (nSPS) is 12.3. The summed E-state index contributed by atoms with van der Waals surface area (Å²) in [4.78, 5) is 13.3. The number of anilines is 1. The van der Waals surface area contributed by atoms with Gasteiger partial charge < -0.3 is 15.5 Å². The molecule has 0 aliphatic heterocycles. The Morgan fingerprint density at radius 1 is 1.33 bits per heavy atom. The Labute approximate surface area is 126 Å². The quantitative estimate of drug-likeness (QED) is 0.810. The van der Waals surface area contributed by atoms with Crippen LogP contribution in [-0.4, -0.2) is 32.6 Å². The zero-order valence-corrected chi connectivity index (χ0v) is 13.5. The fourth-order valence-corrected chi connectivity index (χ4v) is 2.13. The van der Waals surface area contributed by atoms with Crippen LogP contribution in [0.15, 0.2) is 18.2 Å². The van der Waals surface area contributed by atoms with Gasteiger partial charge in [-0.1, -0.05) is 26.8 Å². The van der Waals surface area contributed by atoms with Gasteiger partial charge in [0.25, 0.3) is 0 Å². The van der Waals surface area contributed by atoms with Crippen molar-refractivity contribution in [2.24, 2.45) is 5.92 Å². The lowest BCUT2D eigenvalue weighted by Crippen LogP contribution is -2.34. The van der Waals surface area contributed by atoms with Crippen LogP contribution in [-0.2, 0) is 11.3 Å². The van der Waals surface area contributed by atoms with Gasteiger partial charge in [-0.05, 0) is 17.7 Å². The Morgan fingerprint density at radius 3 is 2.52 bits per heavy atom. The minimum atomic E-state index is -0.260. The number of hydrogen-bond acceptors (Lipinski definition) is 3. The van der Waals surface area contributed by atoms with Crippen LogP contribution in [0.2, 0.25) is 0 Å². The maximum Gasteiger partial charge on any atom is 0.224 e. The molecule has 0 saturated heterocycles. The third-order valence-electron chi connectivity index (χ3n) is 3.38. The van der Waals surface area contributed by atoms with Crippen molar-refractivity contribution in [3.63, 3.8) is 0 Å². The molecule has 0 aliphatic rings. The van der Waals surface area contributed by atoms with E-state index in [1.54, 1.807) is 31.1 Å². The molecule has 5 heteroatoms. The first kappa shape index (κ1) is 17.4. The molecule has 0 saturated carbocycles. The van der Waals surface area contributed by atoms with Gasteiger partial charge >= 0.3 is 0 Å². The van der Waals surface area contributed by atoms with Crippen molar-refractivity contribution >= 4 is 11.6 Å². The van der Waals surface area contributed by atoms with E-state index in [-0.39, 0.29) is 17.6 Å². The van der Waals surface area contributed by atoms with Crippen LogP contribution < -0.4 is 15.5 Å². The molecular formula is C16H26FN3O. The molecule has 21 heavy (non-hydrogen) atoms. The van der Waals surface area contributed by atoms with E-state index in [4.69, 9.17) is 0 Å². The SMILES string of the molecule is CNC(=O)C(C)CN(C)c1ccc(CNC(C)C)cc1F. The van der Waals surface area contributed by atoms with Crippen LogP contribution in [0.3, 0.4) is 0 Å². The second-order valence-electron chi connectivity index (χ2n) is 5.72. The topological polar surface area (TPSA) is 44.4 Å². The number of benzene rings is 1. The second kappa shape index (κ2) is 7.98. The van der Waals surface area contributed by atoms with E-state index in [9.17, 15) is 9.18 Å². The molecule has 1 aromatic carbocycles. The lowest BCUT2D eigenvalue weighted by molar-refractivity contribution is -0.123. The largest absolute Gasteiger partial charge is 0.371 e. The molecule has 0 bridgehead atoms. The van der Waals surface area contributed by atoms with Gasteiger partial charge in [0.2, 0.25) is 5.91 Å². The van der Waals surface area contributed by atoms with E-state index >= 15 is 0 Å². The van der Waals surface area contributed by atoms with Crippen LogP contribution in [0.4, 0.5) is 10.1 Å². The Kier molecular flexibility index (Phi) is 6.62. The maximum absolute atomic E-state index is 14.2. The van der Waals surface area contributed by atoms with E-state index < -0.39 is 0 Å². The number of nitrogens with zero attached hydrogens (tertiary/aromatic N) is 1. The summed E-state index contributed by atoms with van der Waals surface area (Å²) >= 11 is 0. The highest BCUT2D eigenvalue weighted by Crippen LogP contribution is 2.20. The van der Waals surface area contributed by atoms with Gasteiger partial charge in [-0.3, -0.25) is 4.79 Å². The monoisotopic (exact) mass is 295 g/mol. The van der Waals surface area contributed by atoms with Crippen LogP contribution in [0.25, 0.3) is 0 Å². The van der Waals surface area contributed by atoms with E-state index in [2.05, 4.69) is 24.5 Å². The predicted octanol–water partition coefficient (Wildman–Crippen LogP) is 2.14. The third-order valence-corrected chi connectivity index (χ3v) is 3.38. The minimum absolute atomic E-state index is 0.0417. The summed E-state index contributed by atoms with van der Waals surface area (Å²) in [6.45, 7) is 7.05. The number of hydrogen-bond donors (Lipinski definition) is 2.